The summed E-state index contributed by atoms with van der Waals surface area (Å²) in [6.07, 6.45) is 3.48. The number of piperidine rings is 1. The van der Waals surface area contributed by atoms with Crippen molar-refractivity contribution in [3.05, 3.63) is 52.0 Å². The van der Waals surface area contributed by atoms with Crippen LogP contribution in [0.2, 0.25) is 0 Å². The molecule has 1 fully saturated rings. The predicted octanol–water partition coefficient (Wildman–Crippen LogP) is 4.84. The van der Waals surface area contributed by atoms with Gasteiger partial charge in [-0.2, -0.15) is 0 Å². The van der Waals surface area contributed by atoms with Crippen LogP contribution in [0.15, 0.2) is 40.9 Å². The summed E-state index contributed by atoms with van der Waals surface area (Å²) < 4.78 is 0.972. The van der Waals surface area contributed by atoms with E-state index in [1.807, 2.05) is 23.1 Å². The first-order valence-electron chi connectivity index (χ1n) is 10.8. The van der Waals surface area contributed by atoms with Crippen LogP contribution in [0.1, 0.15) is 35.7 Å². The van der Waals surface area contributed by atoms with Crippen LogP contribution < -0.4 is 9.80 Å². The molecule has 0 radical (unpaired) electrons. The van der Waals surface area contributed by atoms with Crippen LogP contribution >= 0.6 is 15.9 Å². The maximum Gasteiger partial charge on any atom is 0.261 e. The second kappa shape index (κ2) is 8.09. The third-order valence-corrected chi connectivity index (χ3v) is 7.02. The van der Waals surface area contributed by atoms with Gasteiger partial charge in [-0.3, -0.25) is 14.6 Å². The SMILES string of the molecule is CC1CCN(CC#CCN2C(=O)c3cccc4c3N(CC4)c3ccc(Br)cc32)CC1. The molecule has 0 spiro atoms. The third kappa shape index (κ3) is 3.53. The first-order valence-corrected chi connectivity index (χ1v) is 11.6. The zero-order valence-corrected chi connectivity index (χ0v) is 18.9. The molecule has 30 heavy (non-hydrogen) atoms. The van der Waals surface area contributed by atoms with Gasteiger partial charge in [0.15, 0.2) is 0 Å². The van der Waals surface area contributed by atoms with Crippen LogP contribution in [-0.2, 0) is 6.42 Å². The van der Waals surface area contributed by atoms with Gasteiger partial charge in [0.05, 0.1) is 35.7 Å². The Labute approximate surface area is 187 Å². The van der Waals surface area contributed by atoms with Crippen molar-refractivity contribution >= 4 is 38.9 Å². The standard InChI is InChI=1S/C25H26BrN3O/c1-18-9-14-27(15-10-18)12-2-3-13-29-23-17-20(26)7-8-22(23)28-16-11-19-5-4-6-21(24(19)28)25(29)30/h4-8,17-18H,9-16H2,1H3. The lowest BCUT2D eigenvalue weighted by Crippen LogP contribution is -2.33. The van der Waals surface area contributed by atoms with Gasteiger partial charge in [-0.1, -0.05) is 46.8 Å². The summed E-state index contributed by atoms with van der Waals surface area (Å²) in [5.41, 5.74) is 5.12. The van der Waals surface area contributed by atoms with Crippen LogP contribution in [0.5, 0.6) is 0 Å². The fraction of sp³-hybridized carbons (Fsp3) is 0.400. The van der Waals surface area contributed by atoms with E-state index in [0.29, 0.717) is 6.54 Å². The minimum absolute atomic E-state index is 0.0386. The fourth-order valence-corrected chi connectivity index (χ4v) is 5.09. The summed E-state index contributed by atoms with van der Waals surface area (Å²) in [6, 6.07) is 12.3. The highest BCUT2D eigenvalue weighted by atomic mass is 79.9. The summed E-state index contributed by atoms with van der Waals surface area (Å²) in [4.78, 5) is 20.1. The van der Waals surface area contributed by atoms with E-state index in [-0.39, 0.29) is 5.91 Å². The Hall–Kier alpha value is -2.29. The van der Waals surface area contributed by atoms with Crippen LogP contribution in [0, 0.1) is 17.8 Å². The number of halogens is 1. The fourth-order valence-electron chi connectivity index (χ4n) is 4.74. The van der Waals surface area contributed by atoms with Gasteiger partial charge in [-0.25, -0.2) is 0 Å². The van der Waals surface area contributed by atoms with Gasteiger partial charge in [0.1, 0.15) is 0 Å². The Morgan fingerprint density at radius 1 is 1.03 bits per heavy atom. The second-order valence-corrected chi connectivity index (χ2v) is 9.47. The maximum atomic E-state index is 13.6. The van der Waals surface area contributed by atoms with Crippen molar-refractivity contribution in [2.45, 2.75) is 26.2 Å². The first kappa shape index (κ1) is 19.7. The summed E-state index contributed by atoms with van der Waals surface area (Å²) in [5.74, 6) is 7.47. The van der Waals surface area contributed by atoms with Crippen molar-refractivity contribution in [3.63, 3.8) is 0 Å². The van der Waals surface area contributed by atoms with Gasteiger partial charge in [0.25, 0.3) is 5.91 Å². The van der Waals surface area contributed by atoms with Crippen LogP contribution in [0.3, 0.4) is 0 Å². The molecule has 1 amide bonds. The molecule has 2 aromatic rings. The quantitative estimate of drug-likeness (QED) is 0.596. The lowest BCUT2D eigenvalue weighted by molar-refractivity contribution is 0.0991. The molecular weight excluding hydrogens is 438 g/mol. The van der Waals surface area contributed by atoms with Gasteiger partial charge >= 0.3 is 0 Å². The molecule has 5 rings (SSSR count). The molecular formula is C25H26BrN3O. The monoisotopic (exact) mass is 463 g/mol. The molecule has 3 aliphatic rings. The Morgan fingerprint density at radius 2 is 1.83 bits per heavy atom. The molecule has 0 bridgehead atoms. The molecule has 0 saturated carbocycles. The topological polar surface area (TPSA) is 26.8 Å². The molecule has 0 aliphatic carbocycles. The number of anilines is 3. The van der Waals surface area contributed by atoms with Gasteiger partial charge in [-0.05, 0) is 68.1 Å². The second-order valence-electron chi connectivity index (χ2n) is 8.55. The first-order chi connectivity index (χ1) is 14.6. The summed E-state index contributed by atoms with van der Waals surface area (Å²) in [5, 5.41) is 0. The van der Waals surface area contributed by atoms with E-state index in [4.69, 9.17) is 0 Å². The van der Waals surface area contributed by atoms with Crippen molar-refractivity contribution in [3.8, 4) is 11.8 Å². The number of nitrogens with zero attached hydrogens (tertiary/aromatic N) is 3. The molecule has 5 heteroatoms. The smallest absolute Gasteiger partial charge is 0.261 e. The van der Waals surface area contributed by atoms with E-state index in [1.54, 1.807) is 0 Å². The van der Waals surface area contributed by atoms with Crippen LogP contribution in [-0.4, -0.2) is 43.5 Å². The Balaban J connectivity index is 1.45. The highest BCUT2D eigenvalue weighted by Crippen LogP contribution is 2.46. The molecule has 2 aromatic carbocycles. The van der Waals surface area contributed by atoms with E-state index < -0.39 is 0 Å². The number of carbonyl (C=O) groups excluding carboxylic acids is 1. The zero-order valence-electron chi connectivity index (χ0n) is 17.3. The Bertz CT molecular complexity index is 1050. The van der Waals surface area contributed by atoms with Gasteiger partial charge in [0.2, 0.25) is 0 Å². The highest BCUT2D eigenvalue weighted by Gasteiger charge is 2.34. The normalized spacial score (nSPS) is 18.5. The van der Waals surface area contributed by atoms with E-state index in [2.05, 4.69) is 62.7 Å². The number of fused-ring (bicyclic) bond motifs is 2. The molecule has 0 atom stereocenters. The Kier molecular flexibility index (Phi) is 5.30. The lowest BCUT2D eigenvalue weighted by Gasteiger charge is -2.28. The lowest BCUT2D eigenvalue weighted by atomic mass is 9.99. The van der Waals surface area contributed by atoms with Gasteiger partial charge < -0.3 is 4.90 Å². The number of benzene rings is 2. The van der Waals surface area contributed by atoms with Gasteiger partial charge in [-0.15, -0.1) is 0 Å². The third-order valence-electron chi connectivity index (χ3n) is 6.53. The number of rotatable bonds is 2. The molecule has 3 aliphatic heterocycles. The average Bonchev–Trinajstić information content (AvgIpc) is 3.15. The highest BCUT2D eigenvalue weighted by molar-refractivity contribution is 9.10. The van der Waals surface area contributed by atoms with Crippen LogP contribution in [0.4, 0.5) is 17.1 Å². The molecule has 0 aromatic heterocycles. The zero-order chi connectivity index (χ0) is 20.7. The number of amides is 1. The van der Waals surface area contributed by atoms with Crippen molar-refractivity contribution in [2.24, 2.45) is 5.92 Å². The van der Waals surface area contributed by atoms with E-state index in [1.165, 1.54) is 18.4 Å². The predicted molar refractivity (Wildman–Crippen MR) is 126 cm³/mol. The number of para-hydroxylation sites is 1. The van der Waals surface area contributed by atoms with Crippen molar-refractivity contribution in [1.29, 1.82) is 0 Å². The maximum absolute atomic E-state index is 13.6. The van der Waals surface area contributed by atoms with Crippen molar-refractivity contribution in [1.82, 2.24) is 4.90 Å². The summed E-state index contributed by atoms with van der Waals surface area (Å²) >= 11 is 3.59. The van der Waals surface area contributed by atoms with E-state index in [9.17, 15) is 4.79 Å². The minimum Gasteiger partial charge on any atom is -0.339 e. The molecule has 0 N–H and O–H groups in total. The minimum atomic E-state index is 0.0386. The van der Waals surface area contributed by atoms with Crippen molar-refractivity contribution in [2.75, 3.05) is 42.5 Å². The number of hydrogen-bond donors (Lipinski definition) is 0. The number of hydrogen-bond acceptors (Lipinski definition) is 3. The summed E-state index contributed by atoms with van der Waals surface area (Å²) in [7, 11) is 0. The van der Waals surface area contributed by atoms with Crippen LogP contribution in [0.25, 0.3) is 0 Å². The average molecular weight is 464 g/mol. The molecule has 3 heterocycles. The number of carbonyl (C=O) groups is 1. The molecule has 4 nitrogen and oxygen atoms in total. The number of likely N-dealkylation sites (tertiary alicyclic amines) is 1. The largest absolute Gasteiger partial charge is 0.339 e. The molecule has 1 saturated heterocycles. The van der Waals surface area contributed by atoms with E-state index in [0.717, 1.165) is 65.6 Å². The summed E-state index contributed by atoms with van der Waals surface area (Å²) in [6.45, 7) is 6.67. The van der Waals surface area contributed by atoms with Gasteiger partial charge in [0, 0.05) is 11.0 Å². The molecule has 154 valence electrons. The molecule has 0 unspecified atom stereocenters. The van der Waals surface area contributed by atoms with Crippen molar-refractivity contribution < 1.29 is 4.79 Å². The Morgan fingerprint density at radius 3 is 2.67 bits per heavy atom. The van der Waals surface area contributed by atoms with E-state index >= 15 is 0 Å².